The zero-order valence-corrected chi connectivity index (χ0v) is 18.7. The standard InChI is InChI=1S/C7H7N2O2.3C4H9.Sn/c1-11-7(10)5-2-3-9-6(8)4-5;3*1-3-4-2;/h2,4H,1H3,(H2,8,9);3*1,3-4H2,2H3;. The second-order valence-corrected chi connectivity index (χ2v) is 19.8. The van der Waals surface area contributed by atoms with Crippen LogP contribution in [0.5, 0.6) is 0 Å². The molecule has 0 aliphatic carbocycles. The molecule has 1 heterocycles. The van der Waals surface area contributed by atoms with Gasteiger partial charge in [0, 0.05) is 0 Å². The first-order valence-electron chi connectivity index (χ1n) is 9.39. The number of pyridine rings is 1. The molecule has 0 saturated carbocycles. The van der Waals surface area contributed by atoms with Crippen molar-refractivity contribution in [1.29, 1.82) is 0 Å². The molecule has 0 bridgehead atoms. The molecule has 0 saturated heterocycles. The maximum absolute atomic E-state index is 12.0. The predicted octanol–water partition coefficient (Wildman–Crippen LogP) is 4.51. The number of rotatable bonds is 11. The first kappa shape index (κ1) is 21.3. The topological polar surface area (TPSA) is 65.2 Å². The first-order chi connectivity index (χ1) is 11.5. The van der Waals surface area contributed by atoms with Crippen LogP contribution >= 0.6 is 0 Å². The van der Waals surface area contributed by atoms with E-state index in [0.717, 1.165) is 0 Å². The Bertz CT molecular complexity index is 498. The zero-order valence-electron chi connectivity index (χ0n) is 15.9. The first-order valence-corrected chi connectivity index (χ1v) is 16.9. The average molecular weight is 441 g/mol. The Hall–Kier alpha value is -0.781. The van der Waals surface area contributed by atoms with Gasteiger partial charge in [-0.3, -0.25) is 0 Å². The Labute approximate surface area is 151 Å². The molecule has 136 valence electrons. The Kier molecular flexibility index (Phi) is 9.70. The van der Waals surface area contributed by atoms with Gasteiger partial charge in [0.25, 0.3) is 0 Å². The molecule has 0 spiro atoms. The van der Waals surface area contributed by atoms with Crippen LogP contribution in [0, 0.1) is 0 Å². The third-order valence-electron chi connectivity index (χ3n) is 4.84. The third-order valence-corrected chi connectivity index (χ3v) is 19.9. The van der Waals surface area contributed by atoms with Gasteiger partial charge >= 0.3 is 152 Å². The third kappa shape index (κ3) is 5.94. The summed E-state index contributed by atoms with van der Waals surface area (Å²) in [6, 6.07) is 3.64. The fourth-order valence-electron chi connectivity index (χ4n) is 3.36. The summed E-state index contributed by atoms with van der Waals surface area (Å²) in [5.74, 6) is 0.144. The predicted molar refractivity (Wildman–Crippen MR) is 105 cm³/mol. The number of esters is 1. The molecule has 24 heavy (non-hydrogen) atoms. The number of nitrogens with zero attached hydrogens (tertiary/aromatic N) is 1. The fourth-order valence-corrected chi connectivity index (χ4v) is 18.9. The van der Waals surface area contributed by atoms with Crippen LogP contribution in [0.25, 0.3) is 0 Å². The number of nitrogens with two attached hydrogens (primary N) is 1. The monoisotopic (exact) mass is 442 g/mol. The van der Waals surface area contributed by atoms with Crippen molar-refractivity contribution >= 4 is 33.9 Å². The van der Waals surface area contributed by atoms with Gasteiger partial charge in [-0.25, -0.2) is 0 Å². The van der Waals surface area contributed by atoms with Crippen molar-refractivity contribution < 1.29 is 9.53 Å². The quantitative estimate of drug-likeness (QED) is 0.406. The Balaban J connectivity index is 3.32. The van der Waals surface area contributed by atoms with Gasteiger partial charge in [-0.2, -0.15) is 0 Å². The second-order valence-electron chi connectivity index (χ2n) is 6.75. The van der Waals surface area contributed by atoms with Crippen LogP contribution in [0.1, 0.15) is 69.7 Å². The van der Waals surface area contributed by atoms with E-state index >= 15 is 0 Å². The van der Waals surface area contributed by atoms with E-state index in [1.54, 1.807) is 6.07 Å². The molecule has 1 rings (SSSR count). The number of carbonyl (C=O) groups is 1. The summed E-state index contributed by atoms with van der Waals surface area (Å²) in [5.41, 5.74) is 6.61. The Morgan fingerprint density at radius 1 is 1.04 bits per heavy atom. The zero-order chi connectivity index (χ0) is 18.0. The number of methoxy groups -OCH3 is 1. The molecule has 5 heteroatoms. The van der Waals surface area contributed by atoms with Gasteiger partial charge in [0.05, 0.1) is 0 Å². The maximum atomic E-state index is 12.0. The van der Waals surface area contributed by atoms with Gasteiger partial charge in [0.15, 0.2) is 0 Å². The summed E-state index contributed by atoms with van der Waals surface area (Å²) in [4.78, 5) is 16.7. The molecular weight excluding hydrogens is 407 g/mol. The van der Waals surface area contributed by atoms with Crippen molar-refractivity contribution in [2.75, 3.05) is 12.8 Å². The number of carbonyl (C=O) groups excluding carboxylic acids is 1. The van der Waals surface area contributed by atoms with E-state index < -0.39 is 18.4 Å². The average Bonchev–Trinajstić information content (AvgIpc) is 2.60. The molecule has 0 atom stereocenters. The summed E-state index contributed by atoms with van der Waals surface area (Å²) in [5, 5.41) is 0. The molecule has 0 fully saturated rings. The molecule has 4 nitrogen and oxygen atoms in total. The molecule has 2 N–H and O–H groups in total. The number of ether oxygens (including phenoxy) is 1. The summed E-state index contributed by atoms with van der Waals surface area (Å²) in [7, 11) is 1.42. The van der Waals surface area contributed by atoms with Crippen LogP contribution in [-0.4, -0.2) is 36.4 Å². The van der Waals surface area contributed by atoms with Crippen molar-refractivity contribution in [3.05, 3.63) is 17.7 Å². The van der Waals surface area contributed by atoms with E-state index in [2.05, 4.69) is 20.8 Å². The van der Waals surface area contributed by atoms with Crippen LogP contribution in [0.4, 0.5) is 5.82 Å². The summed E-state index contributed by atoms with van der Waals surface area (Å²) in [6.07, 6.45) is 7.41. The second kappa shape index (κ2) is 11.0. The number of anilines is 1. The van der Waals surface area contributed by atoms with Crippen LogP contribution in [-0.2, 0) is 4.74 Å². The molecule has 0 aliphatic rings. The van der Waals surface area contributed by atoms with Crippen LogP contribution in [0.3, 0.4) is 0 Å². The Morgan fingerprint density at radius 2 is 1.54 bits per heavy atom. The van der Waals surface area contributed by atoms with Crippen LogP contribution < -0.4 is 9.44 Å². The summed E-state index contributed by atoms with van der Waals surface area (Å²) < 4.78 is 10.0. The molecule has 0 aliphatic heterocycles. The number of aromatic nitrogens is 1. The van der Waals surface area contributed by atoms with Crippen molar-refractivity contribution in [2.45, 2.75) is 72.6 Å². The summed E-state index contributed by atoms with van der Waals surface area (Å²) in [6.45, 7) is 6.76. The van der Waals surface area contributed by atoms with Gasteiger partial charge in [-0.15, -0.1) is 0 Å². The minimum atomic E-state index is -2.66. The van der Waals surface area contributed by atoms with Crippen molar-refractivity contribution in [3.63, 3.8) is 0 Å². The van der Waals surface area contributed by atoms with E-state index in [1.807, 2.05) is 6.07 Å². The van der Waals surface area contributed by atoms with Gasteiger partial charge in [-0.1, -0.05) is 0 Å². The number of unbranched alkanes of at least 4 members (excludes halogenated alkanes) is 3. The van der Waals surface area contributed by atoms with E-state index in [9.17, 15) is 4.79 Å². The summed E-state index contributed by atoms with van der Waals surface area (Å²) >= 11 is -2.66. The normalized spacial score (nSPS) is 11.5. The molecule has 0 amide bonds. The SMILES string of the molecule is CCC[CH2][Sn]([CH2]CCC)([CH2]CCC)[c]1cc(C(=O)OC)cc(N)n1. The van der Waals surface area contributed by atoms with Crippen molar-refractivity contribution in [3.8, 4) is 0 Å². The molecule has 0 radical (unpaired) electrons. The van der Waals surface area contributed by atoms with Gasteiger partial charge in [-0.05, 0) is 0 Å². The molecule has 0 unspecified atom stereocenters. The molecule has 1 aromatic rings. The van der Waals surface area contributed by atoms with Gasteiger partial charge in [0.1, 0.15) is 0 Å². The van der Waals surface area contributed by atoms with E-state index in [-0.39, 0.29) is 5.97 Å². The van der Waals surface area contributed by atoms with Gasteiger partial charge < -0.3 is 0 Å². The minimum absolute atomic E-state index is 0.313. The molecule has 1 aromatic heterocycles. The van der Waals surface area contributed by atoms with Crippen molar-refractivity contribution in [2.24, 2.45) is 0 Å². The molecule has 0 aromatic carbocycles. The van der Waals surface area contributed by atoms with Crippen molar-refractivity contribution in [1.82, 2.24) is 4.98 Å². The van der Waals surface area contributed by atoms with Crippen LogP contribution in [0.15, 0.2) is 12.1 Å². The van der Waals surface area contributed by atoms with E-state index in [4.69, 9.17) is 15.5 Å². The number of nitrogen functional groups attached to an aromatic ring is 1. The van der Waals surface area contributed by atoms with Gasteiger partial charge in [0.2, 0.25) is 0 Å². The number of hydrogen-bond donors (Lipinski definition) is 1. The fraction of sp³-hybridized carbons (Fsp3) is 0.684. The van der Waals surface area contributed by atoms with E-state index in [0.29, 0.717) is 11.4 Å². The van der Waals surface area contributed by atoms with Crippen LogP contribution in [0.2, 0.25) is 13.3 Å². The van der Waals surface area contributed by atoms with E-state index in [1.165, 1.54) is 62.7 Å². The Morgan fingerprint density at radius 3 is 1.96 bits per heavy atom. The number of hydrogen-bond acceptors (Lipinski definition) is 4. The molecular formula is C19H34N2O2Sn.